The summed E-state index contributed by atoms with van der Waals surface area (Å²) in [5.74, 6) is 0.483. The van der Waals surface area contributed by atoms with Crippen molar-refractivity contribution >= 4 is 5.69 Å². The fraction of sp³-hybridized carbons (Fsp3) is 0.143. The first-order valence-corrected chi connectivity index (χ1v) is 12.8. The van der Waals surface area contributed by atoms with Crippen LogP contribution >= 0.6 is 0 Å². The van der Waals surface area contributed by atoms with E-state index >= 15 is 0 Å². The quantitative estimate of drug-likeness (QED) is 0.188. The third-order valence-electron chi connectivity index (χ3n) is 7.09. The molecule has 0 heterocycles. The largest absolute Gasteiger partial charge is 0.398 e. The Hall–Kier alpha value is -4.10. The van der Waals surface area contributed by atoms with Crippen LogP contribution in [0.5, 0.6) is 0 Å². The highest BCUT2D eigenvalue weighted by Gasteiger charge is 2.26. The number of hydrogen-bond acceptors (Lipinski definition) is 1. The Balaban J connectivity index is 1.79. The maximum absolute atomic E-state index is 7.20. The van der Waals surface area contributed by atoms with Crippen LogP contribution in [0.4, 0.5) is 5.69 Å². The average Bonchev–Trinajstić information content (AvgIpc) is 2.93. The summed E-state index contributed by atoms with van der Waals surface area (Å²) in [5, 5.41) is 0. The number of hydrogen-bond donors (Lipinski definition) is 1. The van der Waals surface area contributed by atoms with Gasteiger partial charge in [-0.25, -0.2) is 0 Å². The Morgan fingerprint density at radius 3 is 0.944 bits per heavy atom. The molecule has 0 amide bonds. The zero-order chi connectivity index (χ0) is 24.9. The second-order valence-electron chi connectivity index (χ2n) is 9.78. The Morgan fingerprint density at radius 2 is 0.694 bits per heavy atom. The summed E-state index contributed by atoms with van der Waals surface area (Å²) in [6, 6.07) is 47.6. The molecule has 1 heteroatoms. The number of nitrogen functional groups attached to an aromatic ring is 1. The second-order valence-corrected chi connectivity index (χ2v) is 9.78. The highest BCUT2D eigenvalue weighted by Crippen LogP contribution is 2.43. The molecule has 0 aromatic heterocycles. The van der Waals surface area contributed by atoms with Gasteiger partial charge in [-0.2, -0.15) is 0 Å². The van der Waals surface area contributed by atoms with Crippen molar-refractivity contribution in [3.05, 3.63) is 172 Å². The molecule has 0 bridgehead atoms. The monoisotopic (exact) mass is 467 g/mol. The topological polar surface area (TPSA) is 26.0 Å². The van der Waals surface area contributed by atoms with Gasteiger partial charge in [0, 0.05) is 17.5 Å². The third kappa shape index (κ3) is 4.83. The lowest BCUT2D eigenvalue weighted by atomic mass is 9.77. The highest BCUT2D eigenvalue weighted by atomic mass is 14.6. The Kier molecular flexibility index (Phi) is 7.00. The van der Waals surface area contributed by atoms with Crippen molar-refractivity contribution in [3.63, 3.8) is 0 Å². The number of nitrogens with two attached hydrogens (primary N) is 1. The van der Waals surface area contributed by atoms with Gasteiger partial charge in [0.2, 0.25) is 0 Å². The number of anilines is 1. The molecule has 0 aliphatic heterocycles. The molecule has 178 valence electrons. The molecule has 0 atom stereocenters. The van der Waals surface area contributed by atoms with Crippen LogP contribution in [0.3, 0.4) is 0 Å². The summed E-state index contributed by atoms with van der Waals surface area (Å²) in [5.41, 5.74) is 16.7. The first kappa shape index (κ1) is 23.6. The minimum atomic E-state index is 0.0528. The van der Waals surface area contributed by atoms with E-state index < -0.39 is 0 Å². The first-order valence-electron chi connectivity index (χ1n) is 12.8. The molecule has 0 aliphatic rings. The van der Waals surface area contributed by atoms with Crippen molar-refractivity contribution in [2.75, 3.05) is 5.73 Å². The highest BCUT2D eigenvalue weighted by molar-refractivity contribution is 5.66. The van der Waals surface area contributed by atoms with E-state index in [1.54, 1.807) is 0 Å². The molecule has 1 nitrogen and oxygen atoms in total. The van der Waals surface area contributed by atoms with Gasteiger partial charge in [0.15, 0.2) is 0 Å². The smallest absolute Gasteiger partial charge is 0.0398 e. The number of benzene rings is 5. The normalized spacial score (nSPS) is 11.4. The van der Waals surface area contributed by atoms with Crippen molar-refractivity contribution in [2.24, 2.45) is 0 Å². The van der Waals surface area contributed by atoms with Gasteiger partial charge in [-0.3, -0.25) is 0 Å². The van der Waals surface area contributed by atoms with Crippen molar-refractivity contribution < 1.29 is 0 Å². The van der Waals surface area contributed by atoms with Crippen LogP contribution < -0.4 is 5.73 Å². The third-order valence-corrected chi connectivity index (χ3v) is 7.09. The number of rotatable bonds is 7. The summed E-state index contributed by atoms with van der Waals surface area (Å²) in [6.45, 7) is 4.53. The fourth-order valence-electron chi connectivity index (χ4n) is 5.22. The standard InChI is InChI=1S/C35H33N/c1-25(2)30-23-31(33(26-15-7-3-8-16-26)27-17-9-4-10-18-27)35(36)32(24-30)34(28-19-11-5-12-20-28)29-21-13-6-14-22-29/h3-25,33-34H,36H2,1-2H3. The van der Waals surface area contributed by atoms with Gasteiger partial charge in [-0.1, -0.05) is 147 Å². The molecule has 5 aromatic rings. The van der Waals surface area contributed by atoms with Gasteiger partial charge >= 0.3 is 0 Å². The van der Waals surface area contributed by atoms with Crippen molar-refractivity contribution in [3.8, 4) is 0 Å². The molecule has 0 saturated carbocycles. The van der Waals surface area contributed by atoms with Gasteiger partial charge in [0.1, 0.15) is 0 Å². The average molecular weight is 468 g/mol. The molecule has 0 radical (unpaired) electrons. The molecule has 0 aliphatic carbocycles. The van der Waals surface area contributed by atoms with Gasteiger partial charge in [0.05, 0.1) is 0 Å². The van der Waals surface area contributed by atoms with Gasteiger partial charge in [0.25, 0.3) is 0 Å². The van der Waals surface area contributed by atoms with E-state index in [4.69, 9.17) is 5.73 Å². The molecule has 5 rings (SSSR count). The van der Waals surface area contributed by atoms with E-state index in [9.17, 15) is 0 Å². The minimum Gasteiger partial charge on any atom is -0.398 e. The minimum absolute atomic E-state index is 0.0528. The maximum Gasteiger partial charge on any atom is 0.0398 e. The molecule has 0 fully saturated rings. The summed E-state index contributed by atoms with van der Waals surface area (Å²) >= 11 is 0. The molecular formula is C35H33N. The summed E-state index contributed by atoms with van der Waals surface area (Å²) in [7, 11) is 0. The van der Waals surface area contributed by atoms with Crippen LogP contribution in [-0.4, -0.2) is 0 Å². The molecule has 2 N–H and O–H groups in total. The van der Waals surface area contributed by atoms with Gasteiger partial charge in [-0.05, 0) is 44.9 Å². The van der Waals surface area contributed by atoms with E-state index in [0.29, 0.717) is 5.92 Å². The van der Waals surface area contributed by atoms with Gasteiger partial charge < -0.3 is 5.73 Å². The van der Waals surface area contributed by atoms with Crippen molar-refractivity contribution in [1.82, 2.24) is 0 Å². The van der Waals surface area contributed by atoms with Crippen LogP contribution in [0.15, 0.2) is 133 Å². The molecule has 36 heavy (non-hydrogen) atoms. The van der Waals surface area contributed by atoms with E-state index in [2.05, 4.69) is 147 Å². The molecule has 0 saturated heterocycles. The van der Waals surface area contributed by atoms with Crippen LogP contribution in [-0.2, 0) is 0 Å². The zero-order valence-electron chi connectivity index (χ0n) is 21.0. The van der Waals surface area contributed by atoms with Crippen molar-refractivity contribution in [2.45, 2.75) is 31.6 Å². The lowest BCUT2D eigenvalue weighted by molar-refractivity contribution is 0.847. The van der Waals surface area contributed by atoms with Crippen LogP contribution in [0, 0.1) is 0 Å². The molecule has 0 unspecified atom stereocenters. The van der Waals surface area contributed by atoms with E-state index in [1.807, 2.05) is 0 Å². The summed E-state index contributed by atoms with van der Waals surface area (Å²) in [4.78, 5) is 0. The van der Waals surface area contributed by atoms with E-state index in [-0.39, 0.29) is 11.8 Å². The Bertz CT molecular complexity index is 1210. The lowest BCUT2D eigenvalue weighted by Gasteiger charge is -2.28. The molecular weight excluding hydrogens is 434 g/mol. The molecule has 5 aromatic carbocycles. The van der Waals surface area contributed by atoms with Gasteiger partial charge in [-0.15, -0.1) is 0 Å². The lowest BCUT2D eigenvalue weighted by Crippen LogP contribution is -2.13. The summed E-state index contributed by atoms with van der Waals surface area (Å²) < 4.78 is 0. The van der Waals surface area contributed by atoms with E-state index in [1.165, 1.54) is 38.9 Å². The van der Waals surface area contributed by atoms with Crippen LogP contribution in [0.1, 0.15) is 70.5 Å². The predicted octanol–water partition coefficient (Wildman–Crippen LogP) is 8.75. The summed E-state index contributed by atoms with van der Waals surface area (Å²) in [6.07, 6.45) is 0. The Labute approximate surface area is 215 Å². The first-order chi connectivity index (χ1) is 17.6. The predicted molar refractivity (Wildman–Crippen MR) is 153 cm³/mol. The van der Waals surface area contributed by atoms with Crippen LogP contribution in [0.25, 0.3) is 0 Å². The Morgan fingerprint density at radius 1 is 0.417 bits per heavy atom. The zero-order valence-corrected chi connectivity index (χ0v) is 21.0. The van der Waals surface area contributed by atoms with Crippen molar-refractivity contribution in [1.29, 1.82) is 0 Å². The molecule has 0 spiro atoms. The van der Waals surface area contributed by atoms with Crippen LogP contribution in [0.2, 0.25) is 0 Å². The SMILES string of the molecule is CC(C)c1cc(C(c2ccccc2)c2ccccc2)c(N)c(C(c2ccccc2)c2ccccc2)c1. The second kappa shape index (κ2) is 10.7. The maximum atomic E-state index is 7.20. The van der Waals surface area contributed by atoms with E-state index in [0.717, 1.165) is 5.69 Å². The fourth-order valence-corrected chi connectivity index (χ4v) is 5.22.